The van der Waals surface area contributed by atoms with Crippen LogP contribution < -0.4 is 9.64 Å². The molecule has 7 nitrogen and oxygen atoms in total. The molecule has 0 N–H and O–H groups in total. The summed E-state index contributed by atoms with van der Waals surface area (Å²) in [7, 11) is 0. The number of thioether (sulfide) groups is 1. The van der Waals surface area contributed by atoms with E-state index in [9.17, 15) is 4.79 Å². The van der Waals surface area contributed by atoms with Crippen LogP contribution >= 0.6 is 11.8 Å². The van der Waals surface area contributed by atoms with Crippen molar-refractivity contribution in [3.63, 3.8) is 0 Å². The maximum absolute atomic E-state index is 12.9. The first-order valence-electron chi connectivity index (χ1n) is 10.2. The number of carbonyl (C=O) groups is 1. The molecule has 1 aromatic heterocycles. The quantitative estimate of drug-likeness (QED) is 0.456. The number of carbonyl (C=O) groups excluding carboxylic acids is 1. The van der Waals surface area contributed by atoms with Gasteiger partial charge in [-0.2, -0.15) is 0 Å². The fraction of sp³-hybridized carbons (Fsp3) is 0.571. The highest BCUT2D eigenvalue weighted by molar-refractivity contribution is 8.00. The van der Waals surface area contributed by atoms with E-state index in [2.05, 4.69) is 33.5 Å². The lowest BCUT2D eigenvalue weighted by atomic mass is 10.1. The molecule has 0 amide bonds. The first kappa shape index (κ1) is 21.6. The zero-order valence-corrected chi connectivity index (χ0v) is 18.4. The van der Waals surface area contributed by atoms with E-state index >= 15 is 0 Å². The minimum atomic E-state index is -0.263. The van der Waals surface area contributed by atoms with Gasteiger partial charge in [-0.3, -0.25) is 9.36 Å². The molecule has 1 aromatic carbocycles. The second-order valence-corrected chi connectivity index (χ2v) is 8.78. The predicted molar refractivity (Wildman–Crippen MR) is 115 cm³/mol. The van der Waals surface area contributed by atoms with Gasteiger partial charge in [0.05, 0.1) is 25.1 Å². The molecule has 158 valence electrons. The normalized spacial score (nSPS) is 15.6. The molecule has 1 fully saturated rings. The van der Waals surface area contributed by atoms with Crippen molar-refractivity contribution in [3.8, 4) is 5.75 Å². The number of ether oxygens (including phenoxy) is 2. The van der Waals surface area contributed by atoms with Crippen molar-refractivity contribution in [2.45, 2.75) is 44.6 Å². The van der Waals surface area contributed by atoms with Gasteiger partial charge in [-0.1, -0.05) is 25.6 Å². The standard InChI is InChI=1S/C21H30N4O3S/c1-5-28-18-8-6-17(7-9-18)19(26)16(4)29-21-23-22-20(25(21)14-15(2)3)24-10-12-27-13-11-24/h6-9,15-16H,5,10-14H2,1-4H3. The number of morpholine rings is 1. The second kappa shape index (κ2) is 10.1. The number of ketones is 1. The average Bonchev–Trinajstić information content (AvgIpc) is 3.10. The molecule has 3 rings (SSSR count). The van der Waals surface area contributed by atoms with E-state index in [0.29, 0.717) is 31.3 Å². The van der Waals surface area contributed by atoms with Crippen molar-refractivity contribution in [2.24, 2.45) is 5.92 Å². The molecule has 2 aromatic rings. The molecule has 0 radical (unpaired) electrons. The van der Waals surface area contributed by atoms with Crippen LogP contribution in [0.5, 0.6) is 5.75 Å². The Hall–Kier alpha value is -2.06. The van der Waals surface area contributed by atoms with Gasteiger partial charge in [-0.15, -0.1) is 10.2 Å². The molecule has 1 aliphatic rings. The Balaban J connectivity index is 1.75. The number of benzene rings is 1. The maximum atomic E-state index is 12.9. The van der Waals surface area contributed by atoms with Gasteiger partial charge in [0.15, 0.2) is 10.9 Å². The first-order valence-corrected chi connectivity index (χ1v) is 11.1. The fourth-order valence-electron chi connectivity index (χ4n) is 3.22. The molecule has 1 unspecified atom stereocenters. The second-order valence-electron chi connectivity index (χ2n) is 7.47. The lowest BCUT2D eigenvalue weighted by Crippen LogP contribution is -2.38. The highest BCUT2D eigenvalue weighted by Gasteiger charge is 2.24. The summed E-state index contributed by atoms with van der Waals surface area (Å²) in [5, 5.41) is 9.39. The van der Waals surface area contributed by atoms with E-state index in [1.54, 1.807) is 0 Å². The van der Waals surface area contributed by atoms with Crippen molar-refractivity contribution in [1.29, 1.82) is 0 Å². The molecule has 0 bridgehead atoms. The van der Waals surface area contributed by atoms with Gasteiger partial charge < -0.3 is 14.4 Å². The molecule has 1 aliphatic heterocycles. The Morgan fingerprint density at radius 1 is 1.17 bits per heavy atom. The predicted octanol–water partition coefficient (Wildman–Crippen LogP) is 3.53. The summed E-state index contributed by atoms with van der Waals surface area (Å²) in [5.74, 6) is 2.16. The molecule has 1 atom stereocenters. The number of rotatable bonds is 9. The fourth-order valence-corrected chi connectivity index (χ4v) is 4.15. The lowest BCUT2D eigenvalue weighted by molar-refractivity contribution is 0.0994. The van der Waals surface area contributed by atoms with E-state index in [1.165, 1.54) is 11.8 Å². The molecule has 0 spiro atoms. The Kier molecular flexibility index (Phi) is 7.55. The maximum Gasteiger partial charge on any atom is 0.228 e. The van der Waals surface area contributed by atoms with Crippen LogP contribution in [0.1, 0.15) is 38.1 Å². The van der Waals surface area contributed by atoms with Gasteiger partial charge in [-0.25, -0.2) is 0 Å². The average molecular weight is 419 g/mol. The Bertz CT molecular complexity index is 801. The van der Waals surface area contributed by atoms with E-state index < -0.39 is 0 Å². The van der Waals surface area contributed by atoms with E-state index in [-0.39, 0.29) is 11.0 Å². The molecule has 1 saturated heterocycles. The summed E-state index contributed by atoms with van der Waals surface area (Å²) < 4.78 is 13.1. The van der Waals surface area contributed by atoms with Gasteiger partial charge in [0.1, 0.15) is 5.75 Å². The summed E-state index contributed by atoms with van der Waals surface area (Å²) in [4.78, 5) is 15.1. The summed E-state index contributed by atoms with van der Waals surface area (Å²) in [6.45, 7) is 12.6. The first-order chi connectivity index (χ1) is 14.0. The molecule has 29 heavy (non-hydrogen) atoms. The molecule has 8 heteroatoms. The third kappa shape index (κ3) is 5.51. The SMILES string of the molecule is CCOc1ccc(C(=O)C(C)Sc2nnc(N3CCOCC3)n2CC(C)C)cc1. The zero-order chi connectivity index (χ0) is 20.8. The van der Waals surface area contributed by atoms with Crippen molar-refractivity contribution in [1.82, 2.24) is 14.8 Å². The van der Waals surface area contributed by atoms with Gasteiger partial charge in [0.25, 0.3) is 0 Å². The molecule has 0 saturated carbocycles. The van der Waals surface area contributed by atoms with Crippen LogP contribution in [0.4, 0.5) is 5.95 Å². The van der Waals surface area contributed by atoms with Crippen LogP contribution in [0, 0.1) is 5.92 Å². The molecular formula is C21H30N4O3S. The van der Waals surface area contributed by atoms with Crippen molar-refractivity contribution in [2.75, 3.05) is 37.8 Å². The van der Waals surface area contributed by atoms with Crippen molar-refractivity contribution < 1.29 is 14.3 Å². The van der Waals surface area contributed by atoms with Crippen molar-refractivity contribution in [3.05, 3.63) is 29.8 Å². The third-order valence-corrected chi connectivity index (χ3v) is 5.72. The number of hydrogen-bond donors (Lipinski definition) is 0. The lowest BCUT2D eigenvalue weighted by Gasteiger charge is -2.28. The number of Topliss-reactive ketones (excluding diaryl/α,β-unsaturated/α-hetero) is 1. The largest absolute Gasteiger partial charge is 0.494 e. The van der Waals surface area contributed by atoms with Gasteiger partial charge >= 0.3 is 0 Å². The number of aromatic nitrogens is 3. The van der Waals surface area contributed by atoms with Gasteiger partial charge in [-0.05, 0) is 44.0 Å². The van der Waals surface area contributed by atoms with Gasteiger partial charge in [0, 0.05) is 25.2 Å². The summed E-state index contributed by atoms with van der Waals surface area (Å²) in [6.07, 6.45) is 0. The van der Waals surface area contributed by atoms with Crippen LogP contribution in [0.15, 0.2) is 29.4 Å². The van der Waals surface area contributed by atoms with E-state index in [0.717, 1.165) is 36.5 Å². The minimum absolute atomic E-state index is 0.0741. The van der Waals surface area contributed by atoms with Crippen LogP contribution in [-0.2, 0) is 11.3 Å². The van der Waals surface area contributed by atoms with E-state index in [1.807, 2.05) is 38.1 Å². The molecule has 0 aliphatic carbocycles. The third-order valence-electron chi connectivity index (χ3n) is 4.64. The van der Waals surface area contributed by atoms with Crippen LogP contribution in [0.3, 0.4) is 0 Å². The van der Waals surface area contributed by atoms with Crippen LogP contribution in [0.2, 0.25) is 0 Å². The summed E-state index contributed by atoms with van der Waals surface area (Å²) in [5.41, 5.74) is 0.678. The molecular weight excluding hydrogens is 388 g/mol. The van der Waals surface area contributed by atoms with Crippen LogP contribution in [0.25, 0.3) is 0 Å². The topological polar surface area (TPSA) is 69.5 Å². The van der Waals surface area contributed by atoms with Gasteiger partial charge in [0.2, 0.25) is 5.95 Å². The number of anilines is 1. The van der Waals surface area contributed by atoms with E-state index in [4.69, 9.17) is 9.47 Å². The smallest absolute Gasteiger partial charge is 0.228 e. The monoisotopic (exact) mass is 418 g/mol. The Labute approximate surface area is 176 Å². The number of hydrogen-bond acceptors (Lipinski definition) is 7. The Morgan fingerprint density at radius 2 is 1.86 bits per heavy atom. The Morgan fingerprint density at radius 3 is 2.48 bits per heavy atom. The summed E-state index contributed by atoms with van der Waals surface area (Å²) >= 11 is 1.47. The highest BCUT2D eigenvalue weighted by Crippen LogP contribution is 2.29. The highest BCUT2D eigenvalue weighted by atomic mass is 32.2. The van der Waals surface area contributed by atoms with Crippen LogP contribution in [-0.4, -0.2) is 58.7 Å². The summed E-state index contributed by atoms with van der Waals surface area (Å²) in [6, 6.07) is 7.32. The molecule has 2 heterocycles. The van der Waals surface area contributed by atoms with Crippen molar-refractivity contribution >= 4 is 23.5 Å². The number of nitrogens with zero attached hydrogens (tertiary/aromatic N) is 4. The minimum Gasteiger partial charge on any atom is -0.494 e. The zero-order valence-electron chi connectivity index (χ0n) is 17.6.